The zero-order chi connectivity index (χ0) is 32.2. The lowest BCUT2D eigenvalue weighted by Gasteiger charge is -2.18. The SMILES string of the molecule is [C-]#[N+]c1cc(-c2ccccc2-c2ccccc2-n2c3ccccc3c3ccc([N+]#[C-])cc32)cc(-n2c3ccccc3c3ccccc32)c1. The Bertz CT molecular complexity index is 2760. The molecule has 0 aliphatic carbocycles. The van der Waals surface area contributed by atoms with E-state index in [2.05, 4.69) is 152 Å². The molecule has 2 heterocycles. The van der Waals surface area contributed by atoms with Crippen LogP contribution in [-0.2, 0) is 0 Å². The fourth-order valence-corrected chi connectivity index (χ4v) is 7.30. The van der Waals surface area contributed by atoms with E-state index >= 15 is 0 Å². The van der Waals surface area contributed by atoms with Crippen molar-refractivity contribution in [2.45, 2.75) is 0 Å². The summed E-state index contributed by atoms with van der Waals surface area (Å²) in [6, 6.07) is 54.4. The van der Waals surface area contributed by atoms with E-state index in [0.717, 1.165) is 66.5 Å². The normalized spacial score (nSPS) is 11.3. The Hall–Kier alpha value is -6.88. The maximum atomic E-state index is 8.08. The maximum absolute atomic E-state index is 8.08. The summed E-state index contributed by atoms with van der Waals surface area (Å²) >= 11 is 0. The van der Waals surface area contributed by atoms with Crippen LogP contribution in [0.5, 0.6) is 0 Å². The van der Waals surface area contributed by atoms with Gasteiger partial charge in [-0.2, -0.15) is 0 Å². The molecule has 0 saturated heterocycles. The molecule has 48 heavy (non-hydrogen) atoms. The van der Waals surface area contributed by atoms with Crippen LogP contribution >= 0.6 is 0 Å². The summed E-state index contributed by atoms with van der Waals surface area (Å²) in [5, 5.41) is 4.63. The first-order valence-corrected chi connectivity index (χ1v) is 15.8. The Kier molecular flexibility index (Phi) is 6.22. The van der Waals surface area contributed by atoms with Crippen molar-refractivity contribution in [3.05, 3.63) is 181 Å². The van der Waals surface area contributed by atoms with Crippen LogP contribution in [0.4, 0.5) is 11.4 Å². The monoisotopic (exact) mass is 610 g/mol. The third kappa shape index (κ3) is 4.14. The first-order chi connectivity index (χ1) is 23.7. The molecule has 0 radical (unpaired) electrons. The van der Waals surface area contributed by atoms with Gasteiger partial charge in [-0.1, -0.05) is 109 Å². The van der Waals surface area contributed by atoms with Crippen LogP contribution in [0.15, 0.2) is 158 Å². The molecule has 7 aromatic carbocycles. The summed E-state index contributed by atoms with van der Waals surface area (Å²) in [7, 11) is 0. The zero-order valence-electron chi connectivity index (χ0n) is 25.8. The zero-order valence-corrected chi connectivity index (χ0v) is 25.8. The number of benzene rings is 7. The molecule has 0 unspecified atom stereocenters. The predicted molar refractivity (Wildman–Crippen MR) is 199 cm³/mol. The summed E-state index contributed by atoms with van der Waals surface area (Å²) in [5.41, 5.74) is 11.6. The summed E-state index contributed by atoms with van der Waals surface area (Å²) in [5.74, 6) is 0. The second-order valence-corrected chi connectivity index (χ2v) is 11.9. The summed E-state index contributed by atoms with van der Waals surface area (Å²) in [6.07, 6.45) is 0. The summed E-state index contributed by atoms with van der Waals surface area (Å²) < 4.78 is 4.55. The van der Waals surface area contributed by atoms with Gasteiger partial charge in [-0.15, -0.1) is 0 Å². The van der Waals surface area contributed by atoms with E-state index < -0.39 is 0 Å². The van der Waals surface area contributed by atoms with Crippen molar-refractivity contribution < 1.29 is 0 Å². The van der Waals surface area contributed by atoms with E-state index in [9.17, 15) is 0 Å². The highest BCUT2D eigenvalue weighted by Crippen LogP contribution is 2.42. The lowest BCUT2D eigenvalue weighted by Crippen LogP contribution is -1.98. The van der Waals surface area contributed by atoms with Gasteiger partial charge in [0.2, 0.25) is 0 Å². The third-order valence-corrected chi connectivity index (χ3v) is 9.33. The van der Waals surface area contributed by atoms with Crippen molar-refractivity contribution in [2.24, 2.45) is 0 Å². The van der Waals surface area contributed by atoms with E-state index in [1.54, 1.807) is 0 Å². The first-order valence-electron chi connectivity index (χ1n) is 15.8. The number of hydrogen-bond acceptors (Lipinski definition) is 0. The highest BCUT2D eigenvalue weighted by molar-refractivity contribution is 6.11. The van der Waals surface area contributed by atoms with Crippen LogP contribution in [0.2, 0.25) is 0 Å². The molecule has 4 nitrogen and oxygen atoms in total. The van der Waals surface area contributed by atoms with Crippen molar-refractivity contribution in [3.8, 4) is 33.6 Å². The van der Waals surface area contributed by atoms with Gasteiger partial charge in [0.1, 0.15) is 0 Å². The molecule has 2 aromatic heterocycles. The van der Waals surface area contributed by atoms with Crippen LogP contribution in [0.25, 0.3) is 86.9 Å². The molecule has 0 aliphatic rings. The maximum Gasteiger partial charge on any atom is 0.189 e. The Morgan fingerprint density at radius 2 is 0.896 bits per heavy atom. The van der Waals surface area contributed by atoms with E-state index in [1.807, 2.05) is 24.3 Å². The molecule has 0 saturated carbocycles. The molecule has 9 aromatic rings. The van der Waals surface area contributed by atoms with Gasteiger partial charge in [-0.05, 0) is 65.2 Å². The van der Waals surface area contributed by atoms with Gasteiger partial charge >= 0.3 is 0 Å². The van der Waals surface area contributed by atoms with Crippen LogP contribution < -0.4 is 0 Å². The second-order valence-electron chi connectivity index (χ2n) is 11.9. The third-order valence-electron chi connectivity index (χ3n) is 9.33. The number of hydrogen-bond donors (Lipinski definition) is 0. The van der Waals surface area contributed by atoms with Gasteiger partial charge < -0.3 is 9.13 Å². The fraction of sp³-hybridized carbons (Fsp3) is 0. The minimum atomic E-state index is 0.585. The van der Waals surface area contributed by atoms with Gasteiger partial charge in [-0.3, -0.25) is 0 Å². The van der Waals surface area contributed by atoms with Crippen LogP contribution in [0.3, 0.4) is 0 Å². The molecule has 0 spiro atoms. The number of fused-ring (bicyclic) bond motifs is 6. The van der Waals surface area contributed by atoms with Crippen molar-refractivity contribution in [2.75, 3.05) is 0 Å². The van der Waals surface area contributed by atoms with E-state index in [-0.39, 0.29) is 0 Å². The molecule has 9 rings (SSSR count). The average Bonchev–Trinajstić information content (AvgIpc) is 3.67. The summed E-state index contributed by atoms with van der Waals surface area (Å²) in [6.45, 7) is 15.8. The van der Waals surface area contributed by atoms with Gasteiger partial charge in [0.05, 0.1) is 35.4 Å². The van der Waals surface area contributed by atoms with Crippen LogP contribution in [-0.4, -0.2) is 9.13 Å². The van der Waals surface area contributed by atoms with Crippen molar-refractivity contribution in [1.82, 2.24) is 9.13 Å². The Balaban J connectivity index is 1.30. The van der Waals surface area contributed by atoms with Crippen molar-refractivity contribution >= 4 is 55.0 Å². The molecule has 0 atom stereocenters. The molecule has 0 amide bonds. The Labute approximate surface area is 277 Å². The van der Waals surface area contributed by atoms with E-state index in [4.69, 9.17) is 13.1 Å². The molecule has 0 bridgehead atoms. The standard InChI is InChI=1S/C44H26N4/c1-45-30-23-24-39-38-18-8-12-22-43(38)48(44(39)28-30)42-21-11-5-15-35(42)34-14-4-3-13-33(34)29-25-31(46-2)27-32(26-29)47-40-19-9-6-16-36(40)37-17-7-10-20-41(37)47/h3-28H. The van der Waals surface area contributed by atoms with Crippen molar-refractivity contribution in [3.63, 3.8) is 0 Å². The lowest BCUT2D eigenvalue weighted by molar-refractivity contribution is 1.18. The Morgan fingerprint density at radius 1 is 0.375 bits per heavy atom. The molecule has 0 fully saturated rings. The van der Waals surface area contributed by atoms with Gasteiger partial charge in [0, 0.05) is 38.3 Å². The van der Waals surface area contributed by atoms with Gasteiger partial charge in [0.15, 0.2) is 11.4 Å². The molecule has 4 heteroatoms. The molecule has 0 aliphatic heterocycles. The highest BCUT2D eigenvalue weighted by atomic mass is 15.0. The van der Waals surface area contributed by atoms with E-state index in [0.29, 0.717) is 11.4 Å². The molecule has 0 N–H and O–H groups in total. The topological polar surface area (TPSA) is 18.6 Å². The van der Waals surface area contributed by atoms with Gasteiger partial charge in [-0.25, -0.2) is 9.69 Å². The van der Waals surface area contributed by atoms with E-state index in [1.165, 1.54) is 10.8 Å². The minimum Gasteiger partial charge on any atom is -0.310 e. The number of para-hydroxylation sites is 4. The Morgan fingerprint density at radius 3 is 1.54 bits per heavy atom. The largest absolute Gasteiger partial charge is 0.310 e. The number of rotatable bonds is 4. The van der Waals surface area contributed by atoms with Crippen molar-refractivity contribution in [1.29, 1.82) is 0 Å². The second kappa shape index (κ2) is 10.9. The smallest absolute Gasteiger partial charge is 0.189 e. The fourth-order valence-electron chi connectivity index (χ4n) is 7.30. The molecular weight excluding hydrogens is 585 g/mol. The van der Waals surface area contributed by atoms with Gasteiger partial charge in [0.25, 0.3) is 0 Å². The molecular formula is C44H26N4. The van der Waals surface area contributed by atoms with Crippen LogP contribution in [0, 0.1) is 13.1 Å². The minimum absolute atomic E-state index is 0.585. The first kappa shape index (κ1) is 27.4. The molecule has 222 valence electrons. The average molecular weight is 611 g/mol. The highest BCUT2D eigenvalue weighted by Gasteiger charge is 2.19. The predicted octanol–water partition coefficient (Wildman–Crippen LogP) is 12.3. The quantitative estimate of drug-likeness (QED) is 0.177. The number of nitrogens with zero attached hydrogens (tertiary/aromatic N) is 4. The lowest BCUT2D eigenvalue weighted by atomic mass is 9.93. The summed E-state index contributed by atoms with van der Waals surface area (Å²) in [4.78, 5) is 7.69. The van der Waals surface area contributed by atoms with Crippen LogP contribution in [0.1, 0.15) is 0 Å². The number of aromatic nitrogens is 2.